The summed E-state index contributed by atoms with van der Waals surface area (Å²) in [5, 5.41) is 3.62. The van der Waals surface area contributed by atoms with Gasteiger partial charge >= 0.3 is 0 Å². The summed E-state index contributed by atoms with van der Waals surface area (Å²) in [7, 11) is 0. The Kier molecular flexibility index (Phi) is 5.46. The van der Waals surface area contributed by atoms with Crippen LogP contribution >= 0.6 is 0 Å². The third kappa shape index (κ3) is 4.22. The van der Waals surface area contributed by atoms with Crippen molar-refractivity contribution in [1.29, 1.82) is 0 Å². The van der Waals surface area contributed by atoms with Crippen LogP contribution in [0.5, 0.6) is 0 Å². The van der Waals surface area contributed by atoms with Gasteiger partial charge in [0.25, 0.3) is 0 Å². The van der Waals surface area contributed by atoms with Crippen LogP contribution in [0.3, 0.4) is 0 Å². The molecule has 3 nitrogen and oxygen atoms in total. The molecule has 1 unspecified atom stereocenters. The molecule has 0 aromatic rings. The molecule has 1 aliphatic carbocycles. The molecule has 1 heterocycles. The second-order valence-electron chi connectivity index (χ2n) is 6.31. The van der Waals surface area contributed by atoms with E-state index < -0.39 is 0 Å². The minimum absolute atomic E-state index is 0.608. The van der Waals surface area contributed by atoms with Crippen molar-refractivity contribution in [3.05, 3.63) is 0 Å². The van der Waals surface area contributed by atoms with E-state index >= 15 is 0 Å². The van der Waals surface area contributed by atoms with Gasteiger partial charge in [-0.2, -0.15) is 0 Å². The van der Waals surface area contributed by atoms with Gasteiger partial charge in [0, 0.05) is 50.8 Å². The van der Waals surface area contributed by atoms with Crippen LogP contribution in [0.4, 0.5) is 0 Å². The topological polar surface area (TPSA) is 18.5 Å². The standard InChI is InChI=1S/C15H31N3/c1-4-5-15(12-16-13(2)3)18-10-8-17(9-11-18)14-6-7-14/h13-16H,4-12H2,1-3H3. The lowest BCUT2D eigenvalue weighted by Crippen LogP contribution is -2.53. The summed E-state index contributed by atoms with van der Waals surface area (Å²) in [4.78, 5) is 5.42. The average Bonchev–Trinajstić information content (AvgIpc) is 3.19. The fraction of sp³-hybridized carbons (Fsp3) is 1.00. The zero-order chi connectivity index (χ0) is 13.0. The molecular formula is C15H31N3. The highest BCUT2D eigenvalue weighted by molar-refractivity contribution is 4.89. The van der Waals surface area contributed by atoms with Gasteiger partial charge < -0.3 is 5.32 Å². The quantitative estimate of drug-likeness (QED) is 0.748. The molecular weight excluding hydrogens is 222 g/mol. The number of nitrogens with one attached hydrogen (secondary N) is 1. The molecule has 106 valence electrons. The molecule has 1 saturated carbocycles. The van der Waals surface area contributed by atoms with Gasteiger partial charge in [-0.15, -0.1) is 0 Å². The fourth-order valence-corrected chi connectivity index (χ4v) is 3.03. The maximum atomic E-state index is 3.62. The summed E-state index contributed by atoms with van der Waals surface area (Å²) in [5.41, 5.74) is 0. The zero-order valence-electron chi connectivity index (χ0n) is 12.5. The van der Waals surface area contributed by atoms with Gasteiger partial charge in [-0.3, -0.25) is 9.80 Å². The van der Waals surface area contributed by atoms with E-state index in [1.54, 1.807) is 0 Å². The van der Waals surface area contributed by atoms with Crippen molar-refractivity contribution in [2.24, 2.45) is 0 Å². The predicted molar refractivity (Wildman–Crippen MR) is 78.0 cm³/mol. The second-order valence-corrected chi connectivity index (χ2v) is 6.31. The second kappa shape index (κ2) is 6.88. The maximum Gasteiger partial charge on any atom is 0.0221 e. The first-order chi connectivity index (χ1) is 8.70. The molecule has 2 rings (SSSR count). The Labute approximate surface area is 113 Å². The summed E-state index contributed by atoms with van der Waals surface area (Å²) in [5.74, 6) is 0. The first kappa shape index (κ1) is 14.3. The smallest absolute Gasteiger partial charge is 0.0221 e. The van der Waals surface area contributed by atoms with E-state index in [9.17, 15) is 0 Å². The van der Waals surface area contributed by atoms with E-state index in [4.69, 9.17) is 0 Å². The summed E-state index contributed by atoms with van der Waals surface area (Å²) in [6.45, 7) is 13.1. The van der Waals surface area contributed by atoms with E-state index in [-0.39, 0.29) is 0 Å². The average molecular weight is 253 g/mol. The maximum absolute atomic E-state index is 3.62. The number of hydrogen-bond donors (Lipinski definition) is 1. The van der Waals surface area contributed by atoms with Crippen molar-refractivity contribution in [2.75, 3.05) is 32.7 Å². The first-order valence-electron chi connectivity index (χ1n) is 7.92. The Hall–Kier alpha value is -0.120. The minimum Gasteiger partial charge on any atom is -0.313 e. The number of rotatable bonds is 7. The molecule has 0 radical (unpaired) electrons. The third-order valence-electron chi connectivity index (χ3n) is 4.31. The Morgan fingerprint density at radius 2 is 1.78 bits per heavy atom. The van der Waals surface area contributed by atoms with Crippen LogP contribution < -0.4 is 5.32 Å². The van der Waals surface area contributed by atoms with Crippen molar-refractivity contribution in [3.63, 3.8) is 0 Å². The number of piperazine rings is 1. The van der Waals surface area contributed by atoms with Crippen LogP contribution in [0.1, 0.15) is 46.5 Å². The predicted octanol–water partition coefficient (Wildman–Crippen LogP) is 1.93. The van der Waals surface area contributed by atoms with Gasteiger partial charge in [-0.25, -0.2) is 0 Å². The molecule has 0 bridgehead atoms. The molecule has 1 saturated heterocycles. The Bertz CT molecular complexity index is 230. The van der Waals surface area contributed by atoms with Crippen LogP contribution in [0, 0.1) is 0 Å². The SMILES string of the molecule is CCCC(CNC(C)C)N1CCN(C2CC2)CC1. The van der Waals surface area contributed by atoms with Crippen LogP contribution in [0.25, 0.3) is 0 Å². The van der Waals surface area contributed by atoms with E-state index in [1.807, 2.05) is 0 Å². The Balaban J connectivity index is 1.75. The van der Waals surface area contributed by atoms with Crippen molar-refractivity contribution < 1.29 is 0 Å². The highest BCUT2D eigenvalue weighted by Gasteiger charge is 2.32. The van der Waals surface area contributed by atoms with E-state index in [0.717, 1.165) is 18.6 Å². The molecule has 1 N–H and O–H groups in total. The summed E-state index contributed by atoms with van der Waals surface area (Å²) >= 11 is 0. The van der Waals surface area contributed by atoms with E-state index in [0.29, 0.717) is 6.04 Å². The van der Waals surface area contributed by atoms with Crippen LogP contribution in [-0.4, -0.2) is 60.6 Å². The van der Waals surface area contributed by atoms with Gasteiger partial charge in [-0.05, 0) is 19.3 Å². The van der Waals surface area contributed by atoms with Gasteiger partial charge in [0.2, 0.25) is 0 Å². The van der Waals surface area contributed by atoms with E-state index in [1.165, 1.54) is 51.9 Å². The molecule has 2 fully saturated rings. The minimum atomic E-state index is 0.608. The summed E-state index contributed by atoms with van der Waals surface area (Å²) in [6.07, 6.45) is 5.54. The van der Waals surface area contributed by atoms with Crippen LogP contribution in [0.15, 0.2) is 0 Å². The molecule has 0 spiro atoms. The molecule has 2 aliphatic rings. The highest BCUT2D eigenvalue weighted by atomic mass is 15.3. The normalized spacial score (nSPS) is 24.7. The Morgan fingerprint density at radius 3 is 2.28 bits per heavy atom. The van der Waals surface area contributed by atoms with Gasteiger partial charge in [-0.1, -0.05) is 27.2 Å². The first-order valence-corrected chi connectivity index (χ1v) is 7.92. The number of nitrogens with zero attached hydrogens (tertiary/aromatic N) is 2. The Morgan fingerprint density at radius 1 is 1.11 bits per heavy atom. The largest absolute Gasteiger partial charge is 0.313 e. The summed E-state index contributed by atoms with van der Waals surface area (Å²) in [6, 6.07) is 2.31. The van der Waals surface area contributed by atoms with E-state index in [2.05, 4.69) is 35.9 Å². The zero-order valence-corrected chi connectivity index (χ0v) is 12.5. The summed E-state index contributed by atoms with van der Waals surface area (Å²) < 4.78 is 0. The van der Waals surface area contributed by atoms with Crippen molar-refractivity contribution in [1.82, 2.24) is 15.1 Å². The lowest BCUT2D eigenvalue weighted by Gasteiger charge is -2.40. The van der Waals surface area contributed by atoms with Crippen molar-refractivity contribution in [2.45, 2.75) is 64.6 Å². The third-order valence-corrected chi connectivity index (χ3v) is 4.31. The van der Waals surface area contributed by atoms with Crippen LogP contribution in [0.2, 0.25) is 0 Å². The molecule has 0 aromatic carbocycles. The van der Waals surface area contributed by atoms with Gasteiger partial charge in [0.05, 0.1) is 0 Å². The molecule has 0 amide bonds. The van der Waals surface area contributed by atoms with Crippen molar-refractivity contribution in [3.8, 4) is 0 Å². The molecule has 3 heteroatoms. The van der Waals surface area contributed by atoms with Gasteiger partial charge in [0.15, 0.2) is 0 Å². The van der Waals surface area contributed by atoms with Gasteiger partial charge in [0.1, 0.15) is 0 Å². The molecule has 18 heavy (non-hydrogen) atoms. The lowest BCUT2D eigenvalue weighted by molar-refractivity contribution is 0.0859. The molecule has 1 aliphatic heterocycles. The van der Waals surface area contributed by atoms with Crippen LogP contribution in [-0.2, 0) is 0 Å². The monoisotopic (exact) mass is 253 g/mol. The number of hydrogen-bond acceptors (Lipinski definition) is 3. The van der Waals surface area contributed by atoms with Crippen molar-refractivity contribution >= 4 is 0 Å². The lowest BCUT2D eigenvalue weighted by atomic mass is 10.1. The fourth-order valence-electron chi connectivity index (χ4n) is 3.03. The highest BCUT2D eigenvalue weighted by Crippen LogP contribution is 2.27. The molecule has 0 aromatic heterocycles. The molecule has 1 atom stereocenters.